The molecule has 9 heteroatoms. The van der Waals surface area contributed by atoms with Crippen molar-refractivity contribution in [2.45, 2.75) is 51.0 Å². The van der Waals surface area contributed by atoms with Crippen molar-refractivity contribution >= 4 is 28.9 Å². The summed E-state index contributed by atoms with van der Waals surface area (Å²) < 4.78 is 33.8. The number of nitrogens with zero attached hydrogens (tertiary/aromatic N) is 2. The van der Waals surface area contributed by atoms with Gasteiger partial charge >= 0.3 is 0 Å². The van der Waals surface area contributed by atoms with Crippen LogP contribution in [-0.4, -0.2) is 61.4 Å². The smallest absolute Gasteiger partial charge is 0.155 e. The molecule has 0 saturated carbocycles. The quantitative estimate of drug-likeness (QED) is 0.0592. The topological polar surface area (TPSA) is 71.8 Å². The van der Waals surface area contributed by atoms with E-state index < -0.39 is 12.9 Å². The van der Waals surface area contributed by atoms with E-state index >= 15 is 0 Å². The molecule has 0 bridgehead atoms. The molecule has 3 rings (SSSR count). The van der Waals surface area contributed by atoms with E-state index in [2.05, 4.69) is 47.1 Å². The molecule has 0 radical (unpaired) electrons. The van der Waals surface area contributed by atoms with E-state index in [1.54, 1.807) is 35.8 Å². The van der Waals surface area contributed by atoms with Gasteiger partial charge in [0.05, 0.1) is 26.9 Å². The zero-order valence-electron chi connectivity index (χ0n) is 26.2. The van der Waals surface area contributed by atoms with Crippen molar-refractivity contribution in [2.24, 2.45) is 0 Å². The molecule has 0 spiro atoms. The number of hydrogen-bond donors (Lipinski definition) is 0. The van der Waals surface area contributed by atoms with Crippen LogP contribution in [-0.2, 0) is 14.9 Å². The molecule has 0 aliphatic carbocycles. The lowest BCUT2D eigenvalue weighted by Crippen LogP contribution is -2.33. The van der Waals surface area contributed by atoms with Gasteiger partial charge in [-0.1, -0.05) is 104 Å². The maximum Gasteiger partial charge on any atom is 0.155 e. The lowest BCUT2D eigenvalue weighted by atomic mass is 9.80. The van der Waals surface area contributed by atoms with E-state index in [1.165, 1.54) is 0 Å². The average molecular weight is 641 g/mol. The third kappa shape index (κ3) is 8.62. The predicted octanol–water partition coefficient (Wildman–Crippen LogP) is 8.70. The van der Waals surface area contributed by atoms with Crippen LogP contribution in [0.1, 0.15) is 50.8 Å². The molecular formula is C34H45N2O4PS2. The van der Waals surface area contributed by atoms with E-state index in [1.807, 2.05) is 70.2 Å². The molecule has 6 nitrogen and oxygen atoms in total. The molecule has 0 aromatic heterocycles. The maximum absolute atomic E-state index is 13.9. The van der Waals surface area contributed by atoms with Gasteiger partial charge in [0, 0.05) is 42.3 Å². The largest absolute Gasteiger partial charge is 0.497 e. The molecule has 0 heterocycles. The van der Waals surface area contributed by atoms with Crippen molar-refractivity contribution in [1.29, 1.82) is 5.26 Å². The highest BCUT2D eigenvalue weighted by Crippen LogP contribution is 2.58. The van der Waals surface area contributed by atoms with Crippen LogP contribution in [0.5, 0.6) is 11.5 Å². The van der Waals surface area contributed by atoms with Gasteiger partial charge in [0.15, 0.2) is 7.29 Å². The molecule has 3 aromatic carbocycles. The second-order valence-corrected chi connectivity index (χ2v) is 17.4. The second-order valence-electron chi connectivity index (χ2n) is 10.7. The highest BCUT2D eigenvalue weighted by molar-refractivity contribution is 8.76. The van der Waals surface area contributed by atoms with Crippen molar-refractivity contribution < 1.29 is 18.8 Å². The standard InChI is InChI=1S/C34H45N2O4PS2/c1-27(2)41(37,28(3)4)36(22-10-21-35)23-25-42-43-26-24-40-34(29-11-8-7-9-12-29,30-13-17-32(38-5)18-14-30)31-15-19-33(39-6)20-16-31/h7-9,11-20,27-28H,10,22-26H2,1-6H3. The molecule has 0 fully saturated rings. The molecule has 3 aromatic rings. The summed E-state index contributed by atoms with van der Waals surface area (Å²) in [5.41, 5.74) is 2.33. The van der Waals surface area contributed by atoms with Crippen molar-refractivity contribution in [2.75, 3.05) is 45.4 Å². The molecule has 0 aliphatic heterocycles. The minimum absolute atomic E-state index is 0.0549. The number of methoxy groups -OCH3 is 2. The van der Waals surface area contributed by atoms with Gasteiger partial charge < -0.3 is 18.8 Å². The van der Waals surface area contributed by atoms with Crippen molar-refractivity contribution in [1.82, 2.24) is 4.67 Å². The van der Waals surface area contributed by atoms with Gasteiger partial charge in [0.2, 0.25) is 0 Å². The van der Waals surface area contributed by atoms with Crippen LogP contribution in [0.4, 0.5) is 0 Å². The first-order valence-corrected chi connectivity index (χ1v) is 19.0. The number of ether oxygens (including phenoxy) is 3. The van der Waals surface area contributed by atoms with Crippen LogP contribution in [0.15, 0.2) is 78.9 Å². The Morgan fingerprint density at radius 2 is 1.26 bits per heavy atom. The van der Waals surface area contributed by atoms with Crippen LogP contribution in [0.25, 0.3) is 0 Å². The van der Waals surface area contributed by atoms with Gasteiger partial charge in [-0.2, -0.15) is 5.26 Å². The monoisotopic (exact) mass is 640 g/mol. The van der Waals surface area contributed by atoms with Gasteiger partial charge in [-0.3, -0.25) is 4.67 Å². The molecule has 0 atom stereocenters. The second kappa shape index (κ2) is 17.2. The highest BCUT2D eigenvalue weighted by Gasteiger charge is 2.38. The third-order valence-corrected chi connectivity index (χ3v) is 14.2. The Kier molecular flexibility index (Phi) is 14.0. The summed E-state index contributed by atoms with van der Waals surface area (Å²) in [5, 5.41) is 9.19. The van der Waals surface area contributed by atoms with Crippen LogP contribution in [0.3, 0.4) is 0 Å². The fourth-order valence-electron chi connectivity index (χ4n) is 5.42. The fourth-order valence-corrected chi connectivity index (χ4v) is 10.7. The molecule has 0 saturated heterocycles. The van der Waals surface area contributed by atoms with Crippen LogP contribution in [0.2, 0.25) is 0 Å². The molecule has 232 valence electrons. The van der Waals surface area contributed by atoms with Crippen molar-refractivity contribution in [3.63, 3.8) is 0 Å². The number of rotatable bonds is 18. The molecule has 0 amide bonds. The predicted molar refractivity (Wildman–Crippen MR) is 183 cm³/mol. The van der Waals surface area contributed by atoms with Gasteiger partial charge in [-0.15, -0.1) is 0 Å². The van der Waals surface area contributed by atoms with Gasteiger partial charge in [0.25, 0.3) is 0 Å². The first-order valence-electron chi connectivity index (χ1n) is 14.7. The van der Waals surface area contributed by atoms with Crippen molar-refractivity contribution in [3.8, 4) is 17.6 Å². The maximum atomic E-state index is 13.9. The summed E-state index contributed by atoms with van der Waals surface area (Å²) in [6.45, 7) is 9.88. The molecule has 0 N–H and O–H groups in total. The first kappa shape index (κ1) is 35.1. The Labute approximate surface area is 266 Å². The fraction of sp³-hybridized carbons (Fsp3) is 0.441. The van der Waals surface area contributed by atoms with Crippen LogP contribution < -0.4 is 9.47 Å². The minimum atomic E-state index is -2.58. The zero-order valence-corrected chi connectivity index (χ0v) is 28.7. The zero-order chi connectivity index (χ0) is 31.3. The summed E-state index contributed by atoms with van der Waals surface area (Å²) in [6.07, 6.45) is 0.382. The Balaban J connectivity index is 1.77. The highest BCUT2D eigenvalue weighted by atomic mass is 33.1. The summed E-state index contributed by atoms with van der Waals surface area (Å²) in [4.78, 5) is 0. The number of nitriles is 1. The van der Waals surface area contributed by atoms with E-state index in [0.717, 1.165) is 39.7 Å². The van der Waals surface area contributed by atoms with Crippen LogP contribution >= 0.6 is 28.9 Å². The number of benzene rings is 3. The summed E-state index contributed by atoms with van der Waals surface area (Å²) in [6, 6.07) is 28.7. The molecular weight excluding hydrogens is 595 g/mol. The SMILES string of the molecule is COc1ccc(C(OCCSSCCN(CCC#N)P(=O)(C(C)C)C(C)C)(c2ccccc2)c2ccc(OC)cc2)cc1. The lowest BCUT2D eigenvalue weighted by Gasteiger charge is -2.37. The summed E-state index contributed by atoms with van der Waals surface area (Å²) in [7, 11) is 4.27. The van der Waals surface area contributed by atoms with E-state index in [0.29, 0.717) is 26.1 Å². The Hall–Kier alpha value is -2.40. The van der Waals surface area contributed by atoms with Gasteiger partial charge in [-0.05, 0) is 41.0 Å². The van der Waals surface area contributed by atoms with Crippen molar-refractivity contribution in [3.05, 3.63) is 95.6 Å². The summed E-state index contributed by atoms with van der Waals surface area (Å²) >= 11 is 0. The Bertz CT molecular complexity index is 1270. The molecule has 0 aliphatic rings. The van der Waals surface area contributed by atoms with Crippen LogP contribution in [0, 0.1) is 11.3 Å². The number of hydrogen-bond acceptors (Lipinski definition) is 7. The Morgan fingerprint density at radius 1 is 0.767 bits per heavy atom. The van der Waals surface area contributed by atoms with E-state index in [-0.39, 0.29) is 11.3 Å². The average Bonchev–Trinajstić information content (AvgIpc) is 3.04. The van der Waals surface area contributed by atoms with E-state index in [9.17, 15) is 9.83 Å². The Morgan fingerprint density at radius 3 is 1.72 bits per heavy atom. The molecule has 43 heavy (non-hydrogen) atoms. The molecule has 0 unspecified atom stereocenters. The summed E-state index contributed by atoms with van der Waals surface area (Å²) in [5.74, 6) is 3.17. The normalized spacial score (nSPS) is 12.1. The third-order valence-electron chi connectivity index (χ3n) is 7.58. The van der Waals surface area contributed by atoms with Gasteiger partial charge in [-0.25, -0.2) is 0 Å². The first-order chi connectivity index (χ1) is 20.7. The minimum Gasteiger partial charge on any atom is -0.497 e. The lowest BCUT2D eigenvalue weighted by molar-refractivity contribution is 0.0233. The van der Waals surface area contributed by atoms with E-state index in [4.69, 9.17) is 14.2 Å². The van der Waals surface area contributed by atoms with Gasteiger partial charge in [0.1, 0.15) is 17.1 Å².